The number of benzene rings is 1. The lowest BCUT2D eigenvalue weighted by atomic mass is 10.0. The third-order valence-corrected chi connectivity index (χ3v) is 6.45. The van der Waals surface area contributed by atoms with E-state index in [1.165, 1.54) is 4.90 Å². The molecule has 2 aliphatic heterocycles. The van der Waals surface area contributed by atoms with Gasteiger partial charge in [0.2, 0.25) is 5.91 Å². The van der Waals surface area contributed by atoms with Crippen molar-refractivity contribution in [2.24, 2.45) is 0 Å². The number of aromatic nitrogens is 1. The van der Waals surface area contributed by atoms with Crippen molar-refractivity contribution < 1.29 is 36.5 Å². The van der Waals surface area contributed by atoms with Gasteiger partial charge in [-0.1, -0.05) is 6.07 Å². The summed E-state index contributed by atoms with van der Waals surface area (Å²) in [4.78, 5) is 40.4. The fourth-order valence-corrected chi connectivity index (χ4v) is 4.45. The molecule has 0 bridgehead atoms. The Kier molecular flexibility index (Phi) is 6.26. The minimum Gasteiger partial charge on any atom is -0.337 e. The van der Waals surface area contributed by atoms with Crippen molar-refractivity contribution in [3.8, 4) is 0 Å². The number of para-hydroxylation sites is 1. The number of amides is 3. The van der Waals surface area contributed by atoms with E-state index in [1.54, 1.807) is 43.8 Å². The van der Waals surface area contributed by atoms with Crippen LogP contribution in [0.25, 0.3) is 0 Å². The lowest BCUT2D eigenvalue weighted by Gasteiger charge is -2.32. The molecule has 35 heavy (non-hydrogen) atoms. The third-order valence-electron chi connectivity index (χ3n) is 6.45. The van der Waals surface area contributed by atoms with Crippen LogP contribution in [0.3, 0.4) is 0 Å². The number of hydrogen-bond donors (Lipinski definition) is 3. The first kappa shape index (κ1) is 24.6. The highest BCUT2D eigenvalue weighted by Crippen LogP contribution is 2.38. The number of nitrogens with zero attached hydrogens (tertiary/aromatic N) is 2. The molecular weight excluding hydrogens is 470 g/mol. The van der Waals surface area contributed by atoms with E-state index in [4.69, 9.17) is 0 Å². The Hall–Kier alpha value is -3.54. The number of hydrogen-bond acceptors (Lipinski definition) is 4. The molecule has 2 aromatic rings. The zero-order valence-corrected chi connectivity index (χ0v) is 19.1. The highest BCUT2D eigenvalue weighted by atomic mass is 19.4. The Morgan fingerprint density at radius 3 is 2.57 bits per heavy atom. The van der Waals surface area contributed by atoms with Crippen molar-refractivity contribution in [2.45, 2.75) is 50.6 Å². The molecule has 8 nitrogen and oxygen atoms in total. The minimum atomic E-state index is -4.90. The maximum atomic E-state index is 14.3. The number of carbonyl (C=O) groups is 3. The molecule has 186 valence electrons. The number of likely N-dealkylation sites (N-methyl/N-ethyl adjacent to an activating group) is 1. The molecule has 0 aliphatic carbocycles. The number of pyridine rings is 1. The lowest BCUT2D eigenvalue weighted by molar-refractivity contribution is -0.710. The van der Waals surface area contributed by atoms with Crippen LogP contribution in [0.4, 0.5) is 29.1 Å². The fraction of sp³-hybridized carbons (Fsp3) is 0.391. The number of halogens is 4. The number of nitrogens with one attached hydrogen (secondary N) is 3. The van der Waals surface area contributed by atoms with Crippen LogP contribution in [0.15, 0.2) is 36.5 Å². The van der Waals surface area contributed by atoms with Gasteiger partial charge in [-0.2, -0.15) is 18.1 Å². The summed E-state index contributed by atoms with van der Waals surface area (Å²) in [5.41, 5.74) is -1.70. The van der Waals surface area contributed by atoms with Crippen molar-refractivity contribution in [2.75, 3.05) is 17.3 Å². The van der Waals surface area contributed by atoms with E-state index in [0.717, 1.165) is 12.1 Å². The summed E-state index contributed by atoms with van der Waals surface area (Å²) < 4.78 is 56.3. The van der Waals surface area contributed by atoms with Gasteiger partial charge in [-0.3, -0.25) is 9.59 Å². The summed E-state index contributed by atoms with van der Waals surface area (Å²) in [5.74, 6) is -2.81. The van der Waals surface area contributed by atoms with Crippen molar-refractivity contribution >= 4 is 29.2 Å². The van der Waals surface area contributed by atoms with E-state index < -0.39 is 65.1 Å². The smallest absolute Gasteiger partial charge is 0.337 e. The quantitative estimate of drug-likeness (QED) is 0.436. The number of rotatable bonds is 5. The lowest BCUT2D eigenvalue weighted by Crippen LogP contribution is -2.67. The second-order valence-electron chi connectivity index (χ2n) is 8.58. The molecule has 3 N–H and O–H groups in total. The Labute approximate surface area is 198 Å². The molecular formula is C23H24F4N5O3+. The van der Waals surface area contributed by atoms with Crippen molar-refractivity contribution in [1.82, 2.24) is 10.6 Å². The molecule has 12 heteroatoms. The van der Waals surface area contributed by atoms with Crippen LogP contribution in [0.1, 0.15) is 31.0 Å². The second kappa shape index (κ2) is 8.91. The Morgan fingerprint density at radius 1 is 1.20 bits per heavy atom. The van der Waals surface area contributed by atoms with Gasteiger partial charge in [0.1, 0.15) is 11.9 Å². The van der Waals surface area contributed by atoms with Gasteiger partial charge in [0.15, 0.2) is 12.1 Å². The van der Waals surface area contributed by atoms with Gasteiger partial charge < -0.3 is 16.0 Å². The van der Waals surface area contributed by atoms with Crippen LogP contribution < -0.4 is 25.4 Å². The summed E-state index contributed by atoms with van der Waals surface area (Å²) in [5, 5.41) is 7.52. The summed E-state index contributed by atoms with van der Waals surface area (Å²) in [6, 6.07) is 2.45. The molecule has 0 spiro atoms. The van der Waals surface area contributed by atoms with E-state index in [-0.39, 0.29) is 6.42 Å². The molecule has 4 rings (SSSR count). The molecule has 2 aliphatic rings. The van der Waals surface area contributed by atoms with Crippen LogP contribution in [0.5, 0.6) is 0 Å². The van der Waals surface area contributed by atoms with Gasteiger partial charge in [-0.25, -0.2) is 13.8 Å². The molecule has 4 atom stereocenters. The standard InChI is InChI=1S/C23H23F4N5O3/c1-11(28-3)19(33)29-17-12(2)31-9-5-6-13-10-16(32(21(13)31)22(17)35)20(34)30-18-14(23(25,26)27)7-4-8-15(18)24/h4-9,11-12,16-17,28H,10H2,1-3H3,(H-,29,30,33,34)/p+1/t11-,12?,16-,17-/m0/s1. The minimum absolute atomic E-state index is 0.0177. The maximum absolute atomic E-state index is 14.3. The van der Waals surface area contributed by atoms with Crippen LogP contribution in [-0.2, 0) is 27.0 Å². The molecule has 0 saturated carbocycles. The molecule has 0 saturated heterocycles. The number of carbonyl (C=O) groups excluding carboxylic acids is 3. The summed E-state index contributed by atoms with van der Waals surface area (Å²) in [6.45, 7) is 3.36. The number of alkyl halides is 3. The largest absolute Gasteiger partial charge is 0.418 e. The summed E-state index contributed by atoms with van der Waals surface area (Å²) in [7, 11) is 1.59. The summed E-state index contributed by atoms with van der Waals surface area (Å²) >= 11 is 0. The first-order valence-corrected chi connectivity index (χ1v) is 11.0. The average Bonchev–Trinajstić information content (AvgIpc) is 3.20. The SMILES string of the molecule is CN[C@@H](C)C(=O)N[C@@H]1C(=O)N2c3c(ccc[n+]3C1C)C[C@H]2C(=O)Nc1c(F)cccc1C(F)(F)F. The highest BCUT2D eigenvalue weighted by molar-refractivity contribution is 6.09. The zero-order valence-electron chi connectivity index (χ0n) is 19.1. The fourth-order valence-electron chi connectivity index (χ4n) is 4.45. The van der Waals surface area contributed by atoms with Crippen LogP contribution >= 0.6 is 0 Å². The predicted molar refractivity (Wildman–Crippen MR) is 117 cm³/mol. The van der Waals surface area contributed by atoms with Crippen LogP contribution in [-0.4, -0.2) is 42.9 Å². The van der Waals surface area contributed by atoms with E-state index in [1.807, 2.05) is 0 Å². The first-order valence-electron chi connectivity index (χ1n) is 11.0. The Balaban J connectivity index is 1.69. The van der Waals surface area contributed by atoms with Crippen LogP contribution in [0.2, 0.25) is 0 Å². The molecule has 0 radical (unpaired) electrons. The Morgan fingerprint density at radius 2 is 1.91 bits per heavy atom. The maximum Gasteiger partial charge on any atom is 0.418 e. The monoisotopic (exact) mass is 494 g/mol. The Bertz CT molecular complexity index is 1200. The van der Waals surface area contributed by atoms with E-state index in [2.05, 4.69) is 16.0 Å². The zero-order chi connectivity index (χ0) is 25.7. The van der Waals surface area contributed by atoms with Gasteiger partial charge >= 0.3 is 12.1 Å². The third kappa shape index (κ3) is 4.22. The molecule has 3 amide bonds. The van der Waals surface area contributed by atoms with E-state index in [0.29, 0.717) is 17.4 Å². The van der Waals surface area contributed by atoms with Crippen LogP contribution in [0, 0.1) is 5.82 Å². The summed E-state index contributed by atoms with van der Waals surface area (Å²) in [6.07, 6.45) is -3.19. The van der Waals surface area contributed by atoms with Gasteiger partial charge in [-0.05, 0) is 45.2 Å². The van der Waals surface area contributed by atoms with Gasteiger partial charge in [0.25, 0.3) is 11.7 Å². The van der Waals surface area contributed by atoms with E-state index >= 15 is 0 Å². The molecule has 3 heterocycles. The first-order chi connectivity index (χ1) is 16.5. The van der Waals surface area contributed by atoms with Gasteiger partial charge in [0.05, 0.1) is 23.5 Å². The van der Waals surface area contributed by atoms with E-state index in [9.17, 15) is 31.9 Å². The van der Waals surface area contributed by atoms with Crippen molar-refractivity contribution in [3.05, 3.63) is 53.5 Å². The topological polar surface area (TPSA) is 94.4 Å². The van der Waals surface area contributed by atoms with Gasteiger partial charge in [-0.15, -0.1) is 0 Å². The highest BCUT2D eigenvalue weighted by Gasteiger charge is 2.55. The van der Waals surface area contributed by atoms with Crippen molar-refractivity contribution in [1.29, 1.82) is 0 Å². The second-order valence-corrected chi connectivity index (χ2v) is 8.58. The predicted octanol–water partition coefficient (Wildman–Crippen LogP) is 1.70. The molecule has 1 unspecified atom stereocenters. The molecule has 1 aromatic carbocycles. The normalized spacial score (nSPS) is 22.0. The van der Waals surface area contributed by atoms with Crippen molar-refractivity contribution in [3.63, 3.8) is 0 Å². The molecule has 1 aromatic heterocycles. The van der Waals surface area contributed by atoms with Gasteiger partial charge in [0, 0.05) is 12.0 Å². The average molecular weight is 494 g/mol. The molecule has 0 fully saturated rings. The number of anilines is 2.